The minimum absolute atomic E-state index is 0.0384. The Labute approximate surface area is 194 Å². The molecule has 0 saturated heterocycles. The zero-order chi connectivity index (χ0) is 22.7. The number of nitrogens with one attached hydrogen (secondary N) is 1. The van der Waals surface area contributed by atoms with Gasteiger partial charge in [0.2, 0.25) is 10.0 Å². The van der Waals surface area contributed by atoms with Gasteiger partial charge in [-0.25, -0.2) is 17.9 Å². The second-order valence-corrected chi connectivity index (χ2v) is 11.2. The van der Waals surface area contributed by atoms with E-state index in [-0.39, 0.29) is 22.9 Å². The van der Waals surface area contributed by atoms with Crippen molar-refractivity contribution in [1.82, 2.24) is 9.62 Å². The molecule has 1 aliphatic rings. The van der Waals surface area contributed by atoms with Crippen LogP contribution in [0.1, 0.15) is 32.6 Å². The number of benzene rings is 1. The number of fused-ring (bicyclic) bond motifs is 1. The standard InChI is InChI=1S/C22H22N2O5S3/c1-15(21(25)24-9-7-20-17(14-24)8-11-31-20)29-22(26)16-4-2-6-19(12-16)32(27,28)23-13-18-5-3-10-30-18/h2-6,8,10-12,15,23H,7,9,13-14H2,1H3. The summed E-state index contributed by atoms with van der Waals surface area (Å²) in [5, 5.41) is 3.88. The van der Waals surface area contributed by atoms with E-state index in [2.05, 4.69) is 4.72 Å². The summed E-state index contributed by atoms with van der Waals surface area (Å²) in [7, 11) is -3.80. The molecule has 0 spiro atoms. The Morgan fingerprint density at radius 2 is 2.00 bits per heavy atom. The van der Waals surface area contributed by atoms with E-state index >= 15 is 0 Å². The number of carbonyl (C=O) groups is 2. The second kappa shape index (κ2) is 9.53. The van der Waals surface area contributed by atoms with Crippen LogP contribution in [0.3, 0.4) is 0 Å². The van der Waals surface area contributed by atoms with Crippen molar-refractivity contribution in [1.29, 1.82) is 0 Å². The van der Waals surface area contributed by atoms with Gasteiger partial charge in [0.15, 0.2) is 6.10 Å². The quantitative estimate of drug-likeness (QED) is 0.513. The molecule has 1 aliphatic heterocycles. The monoisotopic (exact) mass is 490 g/mol. The van der Waals surface area contributed by atoms with Crippen molar-refractivity contribution in [3.63, 3.8) is 0 Å². The maximum Gasteiger partial charge on any atom is 0.338 e. The summed E-state index contributed by atoms with van der Waals surface area (Å²) >= 11 is 3.13. The molecule has 1 amide bonds. The van der Waals surface area contributed by atoms with Gasteiger partial charge in [-0.2, -0.15) is 0 Å². The molecule has 3 aromatic rings. The van der Waals surface area contributed by atoms with Crippen LogP contribution in [-0.2, 0) is 39.1 Å². The highest BCUT2D eigenvalue weighted by molar-refractivity contribution is 7.89. The fraction of sp³-hybridized carbons (Fsp3) is 0.273. The predicted octanol–water partition coefficient (Wildman–Crippen LogP) is 3.42. The molecule has 2 aromatic heterocycles. The summed E-state index contributed by atoms with van der Waals surface area (Å²) in [6.07, 6.45) is -0.183. The first-order chi connectivity index (χ1) is 15.3. The number of ether oxygens (including phenoxy) is 1. The summed E-state index contributed by atoms with van der Waals surface area (Å²) in [6, 6.07) is 11.3. The molecule has 168 valence electrons. The smallest absolute Gasteiger partial charge is 0.338 e. The Balaban J connectivity index is 1.39. The van der Waals surface area contributed by atoms with Gasteiger partial charge in [-0.05, 0) is 60.0 Å². The summed E-state index contributed by atoms with van der Waals surface area (Å²) in [4.78, 5) is 29.2. The number of hydrogen-bond acceptors (Lipinski definition) is 7. The number of hydrogen-bond donors (Lipinski definition) is 1. The Kier molecular flexibility index (Phi) is 6.75. The molecule has 1 atom stereocenters. The largest absolute Gasteiger partial charge is 0.449 e. The highest BCUT2D eigenvalue weighted by Gasteiger charge is 2.28. The van der Waals surface area contributed by atoms with Crippen LogP contribution in [0.25, 0.3) is 0 Å². The minimum Gasteiger partial charge on any atom is -0.449 e. The molecule has 3 heterocycles. The first-order valence-corrected chi connectivity index (χ1v) is 13.2. The van der Waals surface area contributed by atoms with E-state index in [1.54, 1.807) is 16.2 Å². The summed E-state index contributed by atoms with van der Waals surface area (Å²) in [5.74, 6) is -1.01. The van der Waals surface area contributed by atoms with Gasteiger partial charge in [0.25, 0.3) is 5.91 Å². The van der Waals surface area contributed by atoms with E-state index < -0.39 is 22.1 Å². The highest BCUT2D eigenvalue weighted by Crippen LogP contribution is 2.24. The lowest BCUT2D eigenvalue weighted by Gasteiger charge is -2.29. The van der Waals surface area contributed by atoms with Crippen molar-refractivity contribution < 1.29 is 22.7 Å². The molecule has 7 nitrogen and oxygen atoms in total. The van der Waals surface area contributed by atoms with Crippen molar-refractivity contribution in [3.05, 3.63) is 74.1 Å². The van der Waals surface area contributed by atoms with E-state index in [0.29, 0.717) is 13.1 Å². The first kappa shape index (κ1) is 22.7. The third-order valence-corrected chi connectivity index (χ3v) is 8.45. The van der Waals surface area contributed by atoms with Gasteiger partial charge in [-0.15, -0.1) is 22.7 Å². The van der Waals surface area contributed by atoms with Gasteiger partial charge in [0.05, 0.1) is 10.5 Å². The van der Waals surface area contributed by atoms with Crippen LogP contribution in [0.5, 0.6) is 0 Å². The predicted molar refractivity (Wildman–Crippen MR) is 123 cm³/mol. The maximum atomic E-state index is 12.8. The van der Waals surface area contributed by atoms with E-state index in [9.17, 15) is 18.0 Å². The van der Waals surface area contributed by atoms with Crippen LogP contribution in [0, 0.1) is 0 Å². The van der Waals surface area contributed by atoms with Crippen LogP contribution in [0.4, 0.5) is 0 Å². The van der Waals surface area contributed by atoms with Gasteiger partial charge in [-0.1, -0.05) is 12.1 Å². The average Bonchev–Trinajstić information content (AvgIpc) is 3.48. The van der Waals surface area contributed by atoms with Crippen LogP contribution < -0.4 is 4.72 Å². The molecule has 0 bridgehead atoms. The normalized spacial score (nSPS) is 14.6. The number of rotatable bonds is 7. The fourth-order valence-electron chi connectivity index (χ4n) is 3.43. The molecular formula is C22H22N2O5S3. The van der Waals surface area contributed by atoms with E-state index in [1.165, 1.54) is 47.4 Å². The van der Waals surface area contributed by atoms with Crippen LogP contribution in [0.2, 0.25) is 0 Å². The van der Waals surface area contributed by atoms with Gasteiger partial charge >= 0.3 is 5.97 Å². The Morgan fingerprint density at radius 3 is 2.78 bits per heavy atom. The van der Waals surface area contributed by atoms with Crippen molar-refractivity contribution in [2.75, 3.05) is 6.54 Å². The molecular weight excluding hydrogens is 468 g/mol. The molecule has 0 saturated carbocycles. The van der Waals surface area contributed by atoms with Crippen LogP contribution >= 0.6 is 22.7 Å². The number of thiophene rings is 2. The van der Waals surface area contributed by atoms with Gasteiger partial charge in [0.1, 0.15) is 0 Å². The van der Waals surface area contributed by atoms with Gasteiger partial charge < -0.3 is 9.64 Å². The third kappa shape index (κ3) is 5.09. The maximum absolute atomic E-state index is 12.8. The molecule has 4 rings (SSSR count). The molecule has 1 N–H and O–H groups in total. The lowest BCUT2D eigenvalue weighted by Crippen LogP contribution is -2.42. The highest BCUT2D eigenvalue weighted by atomic mass is 32.2. The van der Waals surface area contributed by atoms with Crippen molar-refractivity contribution >= 4 is 44.6 Å². The molecule has 0 aliphatic carbocycles. The Hall–Kier alpha value is -2.53. The number of nitrogens with zero attached hydrogens (tertiary/aromatic N) is 1. The fourth-order valence-corrected chi connectivity index (χ4v) is 6.10. The first-order valence-electron chi connectivity index (χ1n) is 10.0. The molecule has 0 fully saturated rings. The minimum atomic E-state index is -3.80. The SMILES string of the molecule is CC(OC(=O)c1cccc(S(=O)(=O)NCc2cccs2)c1)C(=O)N1CCc2sccc2C1. The molecule has 1 aromatic carbocycles. The lowest BCUT2D eigenvalue weighted by atomic mass is 10.1. The van der Waals surface area contributed by atoms with E-state index in [4.69, 9.17) is 4.74 Å². The van der Waals surface area contributed by atoms with Crippen LogP contribution in [-0.4, -0.2) is 37.8 Å². The molecule has 0 radical (unpaired) electrons. The van der Waals surface area contributed by atoms with E-state index in [1.807, 2.05) is 29.0 Å². The van der Waals surface area contributed by atoms with E-state index in [0.717, 1.165) is 16.9 Å². The topological polar surface area (TPSA) is 92.8 Å². The summed E-state index contributed by atoms with van der Waals surface area (Å²) < 4.78 is 33.1. The number of sulfonamides is 1. The third-order valence-electron chi connectivity index (χ3n) is 5.15. The summed E-state index contributed by atoms with van der Waals surface area (Å²) in [5.41, 5.74) is 1.20. The summed E-state index contributed by atoms with van der Waals surface area (Å²) in [6.45, 7) is 2.79. The van der Waals surface area contributed by atoms with Crippen molar-refractivity contribution in [2.45, 2.75) is 37.4 Å². The molecule has 1 unspecified atom stereocenters. The number of amides is 1. The zero-order valence-corrected chi connectivity index (χ0v) is 19.8. The number of carbonyl (C=O) groups excluding carboxylic acids is 2. The Bertz CT molecular complexity index is 1220. The van der Waals surface area contributed by atoms with Gasteiger partial charge in [-0.3, -0.25) is 4.79 Å². The number of esters is 1. The van der Waals surface area contributed by atoms with Crippen molar-refractivity contribution in [2.24, 2.45) is 0 Å². The Morgan fingerprint density at radius 1 is 1.16 bits per heavy atom. The molecule has 10 heteroatoms. The molecule has 32 heavy (non-hydrogen) atoms. The van der Waals surface area contributed by atoms with Gasteiger partial charge in [0, 0.05) is 29.4 Å². The van der Waals surface area contributed by atoms with Crippen molar-refractivity contribution in [3.8, 4) is 0 Å². The zero-order valence-electron chi connectivity index (χ0n) is 17.3. The average molecular weight is 491 g/mol. The second-order valence-electron chi connectivity index (χ2n) is 7.36. The lowest BCUT2D eigenvalue weighted by molar-refractivity contribution is -0.140. The van der Waals surface area contributed by atoms with Crippen LogP contribution in [0.15, 0.2) is 58.1 Å².